The molecule has 1 N–H and O–H groups in total. The quantitative estimate of drug-likeness (QED) is 0.861. The van der Waals surface area contributed by atoms with E-state index in [1.807, 2.05) is 0 Å². The second-order valence-corrected chi connectivity index (χ2v) is 6.29. The molecule has 0 saturated heterocycles. The van der Waals surface area contributed by atoms with Gasteiger partial charge >= 0.3 is 0 Å². The number of hydrogen-bond acceptors (Lipinski definition) is 1. The fourth-order valence-corrected chi connectivity index (χ4v) is 4.18. The molecule has 0 spiro atoms. The lowest BCUT2D eigenvalue weighted by Gasteiger charge is -2.19. The topological polar surface area (TPSA) is 12.0 Å². The van der Waals surface area contributed by atoms with Crippen LogP contribution in [-0.2, 0) is 6.42 Å². The van der Waals surface area contributed by atoms with Gasteiger partial charge in [0.25, 0.3) is 0 Å². The van der Waals surface area contributed by atoms with E-state index in [0.717, 1.165) is 24.4 Å². The maximum atomic E-state index is 13.8. The molecule has 3 unspecified atom stereocenters. The van der Waals surface area contributed by atoms with Crippen LogP contribution in [0, 0.1) is 29.4 Å². The van der Waals surface area contributed by atoms with Gasteiger partial charge in [0.05, 0.1) is 0 Å². The molecule has 1 aromatic rings. The Morgan fingerprint density at radius 1 is 1.20 bits per heavy atom. The van der Waals surface area contributed by atoms with E-state index in [4.69, 9.17) is 0 Å². The second-order valence-electron chi connectivity index (χ2n) is 6.29. The van der Waals surface area contributed by atoms with Crippen molar-refractivity contribution in [2.45, 2.75) is 45.1 Å². The largest absolute Gasteiger partial charge is 0.314 e. The minimum atomic E-state index is -0.494. The zero-order chi connectivity index (χ0) is 14.1. The Kier molecular flexibility index (Phi) is 4.06. The van der Waals surface area contributed by atoms with Crippen LogP contribution in [-0.4, -0.2) is 12.6 Å². The molecule has 2 aliphatic carbocycles. The predicted octanol–water partition coefficient (Wildman–Crippen LogP) is 3.92. The van der Waals surface area contributed by atoms with Gasteiger partial charge in [-0.1, -0.05) is 25.8 Å². The fourth-order valence-electron chi connectivity index (χ4n) is 4.18. The highest BCUT2D eigenvalue weighted by atomic mass is 19.1. The zero-order valence-electron chi connectivity index (χ0n) is 12.0. The number of nitrogens with one attached hydrogen (secondary N) is 1. The van der Waals surface area contributed by atoms with E-state index in [0.29, 0.717) is 23.9 Å². The SMILES string of the molecule is CCNC(Cc1ccc(F)cc1F)C1C2CCCCC21. The molecule has 1 nitrogen and oxygen atoms in total. The molecule has 3 heteroatoms. The predicted molar refractivity (Wildman–Crippen MR) is 76.5 cm³/mol. The standard InChI is InChI=1S/C17H23F2N/c1-2-20-16(17-13-5-3-4-6-14(13)17)9-11-7-8-12(18)10-15(11)19/h7-8,10,13-14,16-17,20H,2-6,9H2,1H3. The summed E-state index contributed by atoms with van der Waals surface area (Å²) in [7, 11) is 0. The fraction of sp³-hybridized carbons (Fsp3) is 0.647. The Labute approximate surface area is 119 Å². The normalized spacial score (nSPS) is 29.9. The first-order valence-corrected chi connectivity index (χ1v) is 7.88. The Morgan fingerprint density at radius 3 is 2.50 bits per heavy atom. The molecule has 20 heavy (non-hydrogen) atoms. The molecule has 2 saturated carbocycles. The van der Waals surface area contributed by atoms with Gasteiger partial charge in [0.2, 0.25) is 0 Å². The van der Waals surface area contributed by atoms with Gasteiger partial charge in [-0.15, -0.1) is 0 Å². The number of halogens is 2. The molecular weight excluding hydrogens is 256 g/mol. The summed E-state index contributed by atoms with van der Waals surface area (Å²) in [5.74, 6) is 1.48. The molecule has 0 aliphatic heterocycles. The van der Waals surface area contributed by atoms with Gasteiger partial charge in [0, 0.05) is 12.1 Å². The van der Waals surface area contributed by atoms with Crippen molar-refractivity contribution in [3.05, 3.63) is 35.4 Å². The lowest BCUT2D eigenvalue weighted by Crippen LogP contribution is -2.34. The highest BCUT2D eigenvalue weighted by molar-refractivity contribution is 5.21. The average Bonchev–Trinajstić information content (AvgIpc) is 3.15. The molecule has 2 fully saturated rings. The molecule has 3 atom stereocenters. The van der Waals surface area contributed by atoms with E-state index in [1.54, 1.807) is 6.07 Å². The summed E-state index contributed by atoms with van der Waals surface area (Å²) in [6, 6.07) is 4.30. The van der Waals surface area contributed by atoms with E-state index in [9.17, 15) is 8.78 Å². The maximum Gasteiger partial charge on any atom is 0.129 e. The summed E-state index contributed by atoms with van der Waals surface area (Å²) in [5.41, 5.74) is 0.640. The molecule has 2 aliphatic rings. The van der Waals surface area contributed by atoms with Gasteiger partial charge in [-0.2, -0.15) is 0 Å². The van der Waals surface area contributed by atoms with E-state index < -0.39 is 11.6 Å². The Bertz CT molecular complexity index is 462. The van der Waals surface area contributed by atoms with E-state index >= 15 is 0 Å². The number of fused-ring (bicyclic) bond motifs is 1. The van der Waals surface area contributed by atoms with Crippen LogP contribution in [0.2, 0.25) is 0 Å². The van der Waals surface area contributed by atoms with E-state index in [-0.39, 0.29) is 0 Å². The average molecular weight is 279 g/mol. The third-order valence-electron chi connectivity index (χ3n) is 5.11. The first kappa shape index (κ1) is 14.0. The van der Waals surface area contributed by atoms with Crippen LogP contribution in [0.15, 0.2) is 18.2 Å². The minimum Gasteiger partial charge on any atom is -0.314 e. The van der Waals surface area contributed by atoms with Gasteiger partial charge < -0.3 is 5.32 Å². The lowest BCUT2D eigenvalue weighted by atomic mass is 9.99. The summed E-state index contributed by atoms with van der Waals surface area (Å²) < 4.78 is 26.8. The van der Waals surface area contributed by atoms with Crippen molar-refractivity contribution >= 4 is 0 Å². The van der Waals surface area contributed by atoms with E-state index in [2.05, 4.69) is 12.2 Å². The Hall–Kier alpha value is -0.960. The molecular formula is C17H23F2N. The number of benzene rings is 1. The number of likely N-dealkylation sites (N-methyl/N-ethyl adjacent to an activating group) is 1. The van der Waals surface area contributed by atoms with Gasteiger partial charge in [-0.25, -0.2) is 8.78 Å². The highest BCUT2D eigenvalue weighted by Gasteiger charge is 2.53. The van der Waals surface area contributed by atoms with Crippen molar-refractivity contribution in [3.63, 3.8) is 0 Å². The number of rotatable bonds is 5. The molecule has 0 bridgehead atoms. The minimum absolute atomic E-state index is 0.341. The highest BCUT2D eigenvalue weighted by Crippen LogP contribution is 2.57. The lowest BCUT2D eigenvalue weighted by molar-refractivity contribution is 0.429. The molecule has 3 rings (SSSR count). The van der Waals surface area contributed by atoms with E-state index in [1.165, 1.54) is 31.7 Å². The van der Waals surface area contributed by atoms with Gasteiger partial charge in [-0.05, 0) is 55.2 Å². The van der Waals surface area contributed by atoms with Crippen molar-refractivity contribution in [2.75, 3.05) is 6.54 Å². The summed E-state index contributed by atoms with van der Waals surface area (Å²) in [4.78, 5) is 0. The van der Waals surface area contributed by atoms with Crippen molar-refractivity contribution in [1.29, 1.82) is 0 Å². The van der Waals surface area contributed by atoms with Crippen molar-refractivity contribution in [1.82, 2.24) is 5.32 Å². The molecule has 110 valence electrons. The first-order chi connectivity index (χ1) is 9.70. The first-order valence-electron chi connectivity index (χ1n) is 7.88. The Balaban J connectivity index is 1.71. The van der Waals surface area contributed by atoms with Crippen LogP contribution in [0.4, 0.5) is 8.78 Å². The van der Waals surface area contributed by atoms with Crippen LogP contribution in [0.3, 0.4) is 0 Å². The second kappa shape index (κ2) is 5.80. The maximum absolute atomic E-state index is 13.8. The summed E-state index contributed by atoms with van der Waals surface area (Å²) in [6.07, 6.45) is 6.05. The van der Waals surface area contributed by atoms with Crippen LogP contribution in [0.5, 0.6) is 0 Å². The monoisotopic (exact) mass is 279 g/mol. The number of hydrogen-bond donors (Lipinski definition) is 1. The molecule has 0 heterocycles. The van der Waals surface area contributed by atoms with Crippen LogP contribution in [0.25, 0.3) is 0 Å². The molecule has 0 radical (unpaired) electrons. The van der Waals surface area contributed by atoms with Gasteiger partial charge in [0.15, 0.2) is 0 Å². The third kappa shape index (κ3) is 2.73. The third-order valence-corrected chi connectivity index (χ3v) is 5.11. The van der Waals surface area contributed by atoms with Crippen LogP contribution in [0.1, 0.15) is 38.2 Å². The zero-order valence-corrected chi connectivity index (χ0v) is 12.0. The van der Waals surface area contributed by atoms with Gasteiger partial charge in [0.1, 0.15) is 11.6 Å². The molecule has 0 amide bonds. The summed E-state index contributed by atoms with van der Waals surface area (Å²) in [5, 5.41) is 3.53. The van der Waals surface area contributed by atoms with Crippen molar-refractivity contribution < 1.29 is 8.78 Å². The van der Waals surface area contributed by atoms with Crippen LogP contribution >= 0.6 is 0 Å². The smallest absolute Gasteiger partial charge is 0.129 e. The van der Waals surface area contributed by atoms with Crippen molar-refractivity contribution in [2.24, 2.45) is 17.8 Å². The molecule has 0 aromatic heterocycles. The van der Waals surface area contributed by atoms with Gasteiger partial charge in [-0.3, -0.25) is 0 Å². The summed E-state index contributed by atoms with van der Waals surface area (Å²) >= 11 is 0. The van der Waals surface area contributed by atoms with Crippen LogP contribution < -0.4 is 5.32 Å². The molecule has 1 aromatic carbocycles. The summed E-state index contributed by atoms with van der Waals surface area (Å²) in [6.45, 7) is 3.00. The van der Waals surface area contributed by atoms with Crippen molar-refractivity contribution in [3.8, 4) is 0 Å². The Morgan fingerprint density at radius 2 is 1.90 bits per heavy atom.